The minimum absolute atomic E-state index is 0.0838. The van der Waals surface area contributed by atoms with E-state index >= 15 is 0 Å². The number of aryl methyl sites for hydroxylation is 1. The molecule has 0 aliphatic carbocycles. The van der Waals surface area contributed by atoms with E-state index in [4.69, 9.17) is 19.1 Å². The number of ether oxygens (including phenoxy) is 2. The normalized spacial score (nSPS) is 16.8. The van der Waals surface area contributed by atoms with Crippen LogP contribution in [-0.2, 0) is 20.7 Å². The molecule has 150 valence electrons. The fourth-order valence-corrected chi connectivity index (χ4v) is 2.98. The molecule has 2 aromatic rings. The fraction of sp³-hybridized carbons (Fsp3) is 0.474. The predicted octanol–water partition coefficient (Wildman–Crippen LogP) is 1.77. The molecule has 3 rings (SSSR count). The Hall–Kier alpha value is -2.94. The van der Waals surface area contributed by atoms with Gasteiger partial charge in [0.15, 0.2) is 0 Å². The van der Waals surface area contributed by atoms with Gasteiger partial charge in [-0.15, -0.1) is 0 Å². The molecule has 1 aromatic carbocycles. The molecule has 1 saturated heterocycles. The number of nitrogens with zero attached hydrogens (tertiary/aromatic N) is 3. The summed E-state index contributed by atoms with van der Waals surface area (Å²) in [5.74, 6) is 0.588. The zero-order valence-corrected chi connectivity index (χ0v) is 15.7. The number of rotatable bonds is 8. The van der Waals surface area contributed by atoms with Crippen molar-refractivity contribution in [1.29, 1.82) is 0 Å². The van der Waals surface area contributed by atoms with Crippen LogP contribution >= 0.6 is 0 Å². The maximum Gasteiger partial charge on any atom is 0.306 e. The molecule has 0 bridgehead atoms. The maximum absolute atomic E-state index is 12.4. The Bertz CT molecular complexity index is 804. The lowest BCUT2D eigenvalue weighted by Gasteiger charge is -2.32. The first-order chi connectivity index (χ1) is 13.5. The van der Waals surface area contributed by atoms with Gasteiger partial charge in [0.1, 0.15) is 5.75 Å². The van der Waals surface area contributed by atoms with Crippen LogP contribution in [0.5, 0.6) is 5.75 Å². The van der Waals surface area contributed by atoms with E-state index in [1.165, 1.54) is 0 Å². The third-order valence-electron chi connectivity index (χ3n) is 4.34. The van der Waals surface area contributed by atoms with Gasteiger partial charge in [-0.2, -0.15) is 4.98 Å². The Kier molecular flexibility index (Phi) is 6.59. The molecule has 1 amide bonds. The summed E-state index contributed by atoms with van der Waals surface area (Å²) in [6.07, 6.45) is -0.0437. The van der Waals surface area contributed by atoms with Crippen molar-refractivity contribution in [3.8, 4) is 17.1 Å². The Labute approximate surface area is 162 Å². The molecule has 0 saturated carbocycles. The van der Waals surface area contributed by atoms with Gasteiger partial charge in [-0.3, -0.25) is 9.59 Å². The standard InChI is InChI=1S/C19H23N3O6/c1-2-26-14-5-3-13(4-6-14)19-20-16(28-21-19)7-8-17(23)22-9-10-27-15(12-22)11-18(24)25/h3-6,15H,2,7-12H2,1H3,(H,24,25). The number of hydrogen-bond donors (Lipinski definition) is 1. The van der Waals surface area contributed by atoms with Crippen molar-refractivity contribution in [3.63, 3.8) is 0 Å². The zero-order chi connectivity index (χ0) is 19.9. The molecule has 1 aliphatic rings. The third-order valence-corrected chi connectivity index (χ3v) is 4.34. The number of carbonyl (C=O) groups excluding carboxylic acids is 1. The quantitative estimate of drug-likeness (QED) is 0.726. The maximum atomic E-state index is 12.4. The number of carboxylic acid groups (broad SMARTS) is 1. The van der Waals surface area contributed by atoms with Crippen LogP contribution < -0.4 is 4.74 Å². The van der Waals surface area contributed by atoms with Crippen LogP contribution in [0.2, 0.25) is 0 Å². The van der Waals surface area contributed by atoms with Crippen LogP contribution in [0.25, 0.3) is 11.4 Å². The van der Waals surface area contributed by atoms with E-state index in [1.54, 1.807) is 4.90 Å². The van der Waals surface area contributed by atoms with Crippen LogP contribution in [0.15, 0.2) is 28.8 Å². The molecule has 28 heavy (non-hydrogen) atoms. The Morgan fingerprint density at radius 2 is 2.11 bits per heavy atom. The summed E-state index contributed by atoms with van der Waals surface area (Å²) in [5.41, 5.74) is 0.800. The first-order valence-corrected chi connectivity index (χ1v) is 9.22. The first kappa shape index (κ1) is 19.8. The van der Waals surface area contributed by atoms with Crippen molar-refractivity contribution in [3.05, 3.63) is 30.2 Å². The van der Waals surface area contributed by atoms with E-state index in [9.17, 15) is 9.59 Å². The highest BCUT2D eigenvalue weighted by Crippen LogP contribution is 2.20. The van der Waals surface area contributed by atoms with Gasteiger partial charge in [-0.1, -0.05) is 5.16 Å². The van der Waals surface area contributed by atoms with E-state index in [0.717, 1.165) is 11.3 Å². The van der Waals surface area contributed by atoms with E-state index in [0.29, 0.717) is 37.9 Å². The molecular weight excluding hydrogens is 366 g/mol. The minimum atomic E-state index is -0.938. The monoisotopic (exact) mass is 389 g/mol. The number of amides is 1. The zero-order valence-electron chi connectivity index (χ0n) is 15.7. The molecular formula is C19H23N3O6. The summed E-state index contributed by atoms with van der Waals surface area (Å²) < 4.78 is 16.0. The third kappa shape index (κ3) is 5.29. The summed E-state index contributed by atoms with van der Waals surface area (Å²) in [4.78, 5) is 29.2. The van der Waals surface area contributed by atoms with Crippen molar-refractivity contribution < 1.29 is 28.7 Å². The average Bonchev–Trinajstić information content (AvgIpc) is 3.16. The fourth-order valence-electron chi connectivity index (χ4n) is 2.98. The lowest BCUT2D eigenvalue weighted by molar-refractivity contribution is -0.147. The number of morpholine rings is 1. The van der Waals surface area contributed by atoms with Gasteiger partial charge in [-0.05, 0) is 31.2 Å². The number of carboxylic acids is 1. The van der Waals surface area contributed by atoms with Gasteiger partial charge in [0.25, 0.3) is 0 Å². The summed E-state index contributed by atoms with van der Waals surface area (Å²) in [6.45, 7) is 3.60. The van der Waals surface area contributed by atoms with Crippen molar-refractivity contribution in [2.24, 2.45) is 0 Å². The first-order valence-electron chi connectivity index (χ1n) is 9.22. The van der Waals surface area contributed by atoms with Gasteiger partial charge >= 0.3 is 5.97 Å². The van der Waals surface area contributed by atoms with E-state index in [2.05, 4.69) is 10.1 Å². The predicted molar refractivity (Wildman–Crippen MR) is 97.8 cm³/mol. The van der Waals surface area contributed by atoms with E-state index in [-0.39, 0.29) is 25.3 Å². The summed E-state index contributed by atoms with van der Waals surface area (Å²) in [7, 11) is 0. The molecule has 0 radical (unpaired) electrons. The van der Waals surface area contributed by atoms with E-state index in [1.807, 2.05) is 31.2 Å². The molecule has 2 heterocycles. The number of aromatic nitrogens is 2. The Morgan fingerprint density at radius 3 is 2.82 bits per heavy atom. The van der Waals surface area contributed by atoms with Crippen molar-refractivity contribution in [2.75, 3.05) is 26.3 Å². The second-order valence-corrected chi connectivity index (χ2v) is 6.40. The van der Waals surface area contributed by atoms with Gasteiger partial charge < -0.3 is 24.0 Å². The molecule has 9 nitrogen and oxygen atoms in total. The van der Waals surface area contributed by atoms with Crippen molar-refractivity contribution >= 4 is 11.9 Å². The van der Waals surface area contributed by atoms with Crippen LogP contribution in [-0.4, -0.2) is 64.4 Å². The highest BCUT2D eigenvalue weighted by Gasteiger charge is 2.26. The topological polar surface area (TPSA) is 115 Å². The lowest BCUT2D eigenvalue weighted by atomic mass is 10.2. The van der Waals surface area contributed by atoms with Crippen molar-refractivity contribution in [2.45, 2.75) is 32.3 Å². The van der Waals surface area contributed by atoms with Crippen LogP contribution in [0.3, 0.4) is 0 Å². The molecule has 1 atom stereocenters. The number of carbonyl (C=O) groups is 2. The summed E-state index contributed by atoms with van der Waals surface area (Å²) in [6, 6.07) is 7.37. The molecule has 1 fully saturated rings. The molecule has 0 spiro atoms. The smallest absolute Gasteiger partial charge is 0.306 e. The second kappa shape index (κ2) is 9.32. The van der Waals surface area contributed by atoms with Gasteiger partial charge in [0.2, 0.25) is 17.6 Å². The SMILES string of the molecule is CCOc1ccc(-c2noc(CCC(=O)N3CCOC(CC(=O)O)C3)n2)cc1. The minimum Gasteiger partial charge on any atom is -0.494 e. The molecule has 1 unspecified atom stereocenters. The molecule has 1 N–H and O–H groups in total. The van der Waals surface area contributed by atoms with Gasteiger partial charge in [-0.25, -0.2) is 0 Å². The Balaban J connectivity index is 1.52. The molecule has 9 heteroatoms. The number of hydrogen-bond acceptors (Lipinski definition) is 7. The van der Waals surface area contributed by atoms with Gasteiger partial charge in [0, 0.05) is 31.5 Å². The second-order valence-electron chi connectivity index (χ2n) is 6.40. The average molecular weight is 389 g/mol. The van der Waals surface area contributed by atoms with E-state index < -0.39 is 12.1 Å². The van der Waals surface area contributed by atoms with Crippen LogP contribution in [0.4, 0.5) is 0 Å². The largest absolute Gasteiger partial charge is 0.494 e. The van der Waals surface area contributed by atoms with Crippen molar-refractivity contribution in [1.82, 2.24) is 15.0 Å². The lowest BCUT2D eigenvalue weighted by Crippen LogP contribution is -2.46. The Morgan fingerprint density at radius 1 is 1.32 bits per heavy atom. The molecule has 1 aliphatic heterocycles. The highest BCUT2D eigenvalue weighted by atomic mass is 16.5. The molecule has 1 aromatic heterocycles. The van der Waals surface area contributed by atoms with Gasteiger partial charge in [0.05, 0.1) is 25.7 Å². The van der Waals surface area contributed by atoms with Crippen LogP contribution in [0, 0.1) is 0 Å². The number of aliphatic carboxylic acids is 1. The number of benzene rings is 1. The van der Waals surface area contributed by atoms with Crippen LogP contribution in [0.1, 0.15) is 25.7 Å². The summed E-state index contributed by atoms with van der Waals surface area (Å²) >= 11 is 0. The summed E-state index contributed by atoms with van der Waals surface area (Å²) in [5, 5.41) is 12.8. The highest BCUT2D eigenvalue weighted by molar-refractivity contribution is 5.76.